The Labute approximate surface area is 143 Å². The van der Waals surface area contributed by atoms with Gasteiger partial charge in [0.15, 0.2) is 5.75 Å². The molecule has 1 aromatic heterocycles. The van der Waals surface area contributed by atoms with E-state index in [1.807, 2.05) is 0 Å². The van der Waals surface area contributed by atoms with Gasteiger partial charge in [0.25, 0.3) is 0 Å². The number of aromatic nitrogens is 1. The molecular formula is C18H14FN3O3. The van der Waals surface area contributed by atoms with Gasteiger partial charge in [-0.1, -0.05) is 6.07 Å². The lowest BCUT2D eigenvalue weighted by molar-refractivity contribution is -0.385. The lowest BCUT2D eigenvalue weighted by atomic mass is 10.1. The first-order chi connectivity index (χ1) is 12.1. The summed E-state index contributed by atoms with van der Waals surface area (Å²) in [6.07, 6.45) is 1.59. The van der Waals surface area contributed by atoms with Gasteiger partial charge in [-0.25, -0.2) is 9.37 Å². The lowest BCUT2D eigenvalue weighted by Crippen LogP contribution is -1.95. The van der Waals surface area contributed by atoms with Crippen LogP contribution < -0.4 is 10.1 Å². The monoisotopic (exact) mass is 339 g/mol. The fourth-order valence-corrected chi connectivity index (χ4v) is 2.37. The number of nitro benzene ring substituents is 1. The highest BCUT2D eigenvalue weighted by atomic mass is 19.1. The minimum absolute atomic E-state index is 0.107. The standard InChI is InChI=1S/C18H14FN3O3/c1-25-17-7-2-12(10-16(17)22(23)24)13-8-9-20-18(11-13)21-15-5-3-14(19)4-6-15/h2-11H,1H3,(H,20,21). The van der Waals surface area contributed by atoms with Crippen LogP contribution in [0, 0.1) is 15.9 Å². The molecule has 0 unspecified atom stereocenters. The molecule has 7 heteroatoms. The van der Waals surface area contributed by atoms with E-state index in [4.69, 9.17) is 4.74 Å². The molecule has 0 saturated heterocycles. The number of nitrogens with one attached hydrogen (secondary N) is 1. The molecule has 0 aliphatic heterocycles. The van der Waals surface area contributed by atoms with Crippen LogP contribution in [0.4, 0.5) is 21.6 Å². The maximum Gasteiger partial charge on any atom is 0.311 e. The second-order valence-electron chi connectivity index (χ2n) is 5.21. The van der Waals surface area contributed by atoms with Crippen molar-refractivity contribution in [1.29, 1.82) is 0 Å². The van der Waals surface area contributed by atoms with E-state index in [2.05, 4.69) is 10.3 Å². The molecule has 1 N–H and O–H groups in total. The summed E-state index contributed by atoms with van der Waals surface area (Å²) in [5.74, 6) is 0.424. The van der Waals surface area contributed by atoms with Crippen LogP contribution in [0.2, 0.25) is 0 Å². The van der Waals surface area contributed by atoms with Gasteiger partial charge in [-0.15, -0.1) is 0 Å². The van der Waals surface area contributed by atoms with Crippen molar-refractivity contribution in [1.82, 2.24) is 4.98 Å². The Kier molecular flexibility index (Phi) is 4.56. The first-order valence-electron chi connectivity index (χ1n) is 7.38. The maximum absolute atomic E-state index is 13.0. The Morgan fingerprint density at radius 2 is 1.80 bits per heavy atom. The molecule has 0 amide bonds. The van der Waals surface area contributed by atoms with Gasteiger partial charge < -0.3 is 10.1 Å². The van der Waals surface area contributed by atoms with Crippen molar-refractivity contribution in [2.45, 2.75) is 0 Å². The van der Waals surface area contributed by atoms with E-state index in [9.17, 15) is 14.5 Å². The number of halogens is 1. The third-order valence-corrected chi connectivity index (χ3v) is 3.59. The Morgan fingerprint density at radius 1 is 1.08 bits per heavy atom. The van der Waals surface area contributed by atoms with Gasteiger partial charge in [-0.05, 0) is 53.6 Å². The Morgan fingerprint density at radius 3 is 2.48 bits per heavy atom. The number of ether oxygens (including phenoxy) is 1. The summed E-state index contributed by atoms with van der Waals surface area (Å²) < 4.78 is 18.0. The molecule has 3 aromatic rings. The third-order valence-electron chi connectivity index (χ3n) is 3.59. The maximum atomic E-state index is 13.0. The average Bonchev–Trinajstić information content (AvgIpc) is 2.63. The van der Waals surface area contributed by atoms with E-state index in [1.165, 1.54) is 25.3 Å². The van der Waals surface area contributed by atoms with Crippen LogP contribution >= 0.6 is 0 Å². The van der Waals surface area contributed by atoms with Crippen LogP contribution in [0.15, 0.2) is 60.8 Å². The number of benzene rings is 2. The largest absolute Gasteiger partial charge is 0.490 e. The predicted octanol–water partition coefficient (Wildman–Crippen LogP) is 4.55. The van der Waals surface area contributed by atoms with Crippen LogP contribution in [0.25, 0.3) is 11.1 Å². The van der Waals surface area contributed by atoms with Crippen LogP contribution in [0.1, 0.15) is 0 Å². The first kappa shape index (κ1) is 16.4. The fraction of sp³-hybridized carbons (Fsp3) is 0.0556. The summed E-state index contributed by atoms with van der Waals surface area (Å²) in [6.45, 7) is 0. The zero-order chi connectivity index (χ0) is 17.8. The zero-order valence-electron chi connectivity index (χ0n) is 13.3. The number of rotatable bonds is 5. The summed E-state index contributed by atoms with van der Waals surface area (Å²) in [7, 11) is 1.39. The van der Waals surface area contributed by atoms with E-state index in [1.54, 1.807) is 42.6 Å². The summed E-state index contributed by atoms with van der Waals surface area (Å²) in [6, 6.07) is 14.2. The smallest absolute Gasteiger partial charge is 0.311 e. The molecule has 1 heterocycles. The highest BCUT2D eigenvalue weighted by Crippen LogP contribution is 2.32. The molecule has 0 aliphatic rings. The van der Waals surface area contributed by atoms with E-state index in [0.29, 0.717) is 17.1 Å². The minimum atomic E-state index is -0.485. The first-order valence-corrected chi connectivity index (χ1v) is 7.38. The SMILES string of the molecule is COc1ccc(-c2ccnc(Nc3ccc(F)cc3)c2)cc1[N+](=O)[O-]. The van der Waals surface area contributed by atoms with Crippen molar-refractivity contribution in [2.75, 3.05) is 12.4 Å². The number of anilines is 2. The molecule has 126 valence electrons. The van der Waals surface area contributed by atoms with Gasteiger partial charge in [0.2, 0.25) is 0 Å². The predicted molar refractivity (Wildman–Crippen MR) is 92.6 cm³/mol. The van der Waals surface area contributed by atoms with Gasteiger partial charge >= 0.3 is 5.69 Å². The summed E-state index contributed by atoms with van der Waals surface area (Å²) >= 11 is 0. The van der Waals surface area contributed by atoms with Crippen molar-refractivity contribution >= 4 is 17.2 Å². The highest BCUT2D eigenvalue weighted by Gasteiger charge is 2.16. The van der Waals surface area contributed by atoms with Crippen molar-refractivity contribution < 1.29 is 14.1 Å². The molecule has 0 atom stereocenters. The van der Waals surface area contributed by atoms with Gasteiger partial charge in [-0.3, -0.25) is 10.1 Å². The summed E-state index contributed by atoms with van der Waals surface area (Å²) in [4.78, 5) is 14.9. The number of nitro groups is 1. The second-order valence-corrected chi connectivity index (χ2v) is 5.21. The van der Waals surface area contributed by atoms with Crippen molar-refractivity contribution in [2.24, 2.45) is 0 Å². The lowest BCUT2D eigenvalue weighted by Gasteiger charge is -2.09. The van der Waals surface area contributed by atoms with E-state index < -0.39 is 4.92 Å². The minimum Gasteiger partial charge on any atom is -0.490 e. The second kappa shape index (κ2) is 6.96. The number of hydrogen-bond acceptors (Lipinski definition) is 5. The molecule has 6 nitrogen and oxygen atoms in total. The fourth-order valence-electron chi connectivity index (χ4n) is 2.37. The Bertz CT molecular complexity index is 914. The Balaban J connectivity index is 1.92. The van der Waals surface area contributed by atoms with Crippen LogP contribution in [-0.2, 0) is 0 Å². The molecule has 0 spiro atoms. The Hall–Kier alpha value is -3.48. The zero-order valence-corrected chi connectivity index (χ0v) is 13.3. The van der Waals surface area contributed by atoms with Gasteiger partial charge in [-0.2, -0.15) is 0 Å². The summed E-state index contributed by atoms with van der Waals surface area (Å²) in [5.41, 5.74) is 2.00. The normalized spacial score (nSPS) is 10.3. The molecule has 0 fully saturated rings. The van der Waals surface area contributed by atoms with Gasteiger partial charge in [0.1, 0.15) is 11.6 Å². The molecule has 25 heavy (non-hydrogen) atoms. The number of nitrogens with zero attached hydrogens (tertiary/aromatic N) is 2. The van der Waals surface area contributed by atoms with Crippen molar-refractivity contribution in [3.05, 3.63) is 76.7 Å². The van der Waals surface area contributed by atoms with Crippen molar-refractivity contribution in [3.8, 4) is 16.9 Å². The topological polar surface area (TPSA) is 77.3 Å². The number of methoxy groups -OCH3 is 1. The molecule has 0 saturated carbocycles. The molecule has 0 aliphatic carbocycles. The molecular weight excluding hydrogens is 325 g/mol. The molecule has 2 aromatic carbocycles. The molecule has 3 rings (SSSR count). The molecule has 0 bridgehead atoms. The summed E-state index contributed by atoms with van der Waals surface area (Å²) in [5, 5.41) is 14.2. The average molecular weight is 339 g/mol. The number of pyridine rings is 1. The van der Waals surface area contributed by atoms with Crippen molar-refractivity contribution in [3.63, 3.8) is 0 Å². The number of hydrogen-bond donors (Lipinski definition) is 1. The van der Waals surface area contributed by atoms with Crippen LogP contribution in [0.3, 0.4) is 0 Å². The highest BCUT2D eigenvalue weighted by molar-refractivity contribution is 5.72. The molecule has 0 radical (unpaired) electrons. The van der Waals surface area contributed by atoms with Gasteiger partial charge in [0, 0.05) is 18.0 Å². The third kappa shape index (κ3) is 3.72. The van der Waals surface area contributed by atoms with Crippen LogP contribution in [-0.4, -0.2) is 17.0 Å². The van der Waals surface area contributed by atoms with E-state index in [0.717, 1.165) is 5.56 Å². The quantitative estimate of drug-likeness (QED) is 0.545. The van der Waals surface area contributed by atoms with E-state index >= 15 is 0 Å². The van der Waals surface area contributed by atoms with E-state index in [-0.39, 0.29) is 17.3 Å². The van der Waals surface area contributed by atoms with Crippen LogP contribution in [0.5, 0.6) is 5.75 Å². The van der Waals surface area contributed by atoms with Gasteiger partial charge in [0.05, 0.1) is 12.0 Å².